The topological polar surface area (TPSA) is 231 Å². The van der Waals surface area contributed by atoms with Crippen LogP contribution in [0.5, 0.6) is 0 Å². The van der Waals surface area contributed by atoms with Gasteiger partial charge in [0.1, 0.15) is 24.9 Å². The number of nitrogens with zero attached hydrogens (tertiary/aromatic N) is 10. The SMILES string of the molecule is CC(C)(C)[Si](C)(C)O[C@H]1O[C@@H](n2cnc3c(N(C/C=C/CN(C(=O)c4ccccc4)c4ncnc5c4ncn5C4O[C@H](CO)[C@@H](O[Si](C)(C)C(C)(C)C)[C@H]4F)C(=O)c4ccccc4)ncnc32)[C@H](F)[C@@H]1O[P+](=O)O. The van der Waals surface area contributed by atoms with E-state index in [-0.39, 0.29) is 57.1 Å². The summed E-state index contributed by atoms with van der Waals surface area (Å²) in [5, 5.41) is 9.74. The molecule has 0 saturated carbocycles. The molecule has 0 radical (unpaired) electrons. The molecule has 0 spiro atoms. The normalized spacial score (nSPS) is 23.0. The Hall–Kier alpha value is -5.67. The largest absolute Gasteiger partial charge is 0.695 e. The van der Waals surface area contributed by atoms with Crippen LogP contribution in [0.1, 0.15) is 74.7 Å². The second kappa shape index (κ2) is 21.5. The summed E-state index contributed by atoms with van der Waals surface area (Å²) in [4.78, 5) is 68.4. The summed E-state index contributed by atoms with van der Waals surface area (Å²) >= 11 is 0. The zero-order valence-corrected chi connectivity index (χ0v) is 45.7. The third-order valence-corrected chi connectivity index (χ3v) is 23.6. The number of imidazole rings is 2. The van der Waals surface area contributed by atoms with E-state index in [1.54, 1.807) is 72.8 Å². The molecule has 9 atom stereocenters. The minimum absolute atomic E-state index is 0.0573. The smallest absolute Gasteiger partial charge is 0.408 e. The molecule has 394 valence electrons. The van der Waals surface area contributed by atoms with Gasteiger partial charge in [0.25, 0.3) is 11.8 Å². The lowest BCUT2D eigenvalue weighted by Gasteiger charge is -2.39. The highest BCUT2D eigenvalue weighted by Gasteiger charge is 2.56. The molecule has 2 fully saturated rings. The predicted octanol–water partition coefficient (Wildman–Crippen LogP) is 8.38. The van der Waals surface area contributed by atoms with Gasteiger partial charge in [-0.2, -0.15) is 0 Å². The van der Waals surface area contributed by atoms with Crippen molar-refractivity contribution >= 4 is 70.7 Å². The van der Waals surface area contributed by atoms with E-state index in [4.69, 9.17) is 22.8 Å². The van der Waals surface area contributed by atoms with E-state index in [1.807, 2.05) is 67.7 Å². The van der Waals surface area contributed by atoms with Crippen LogP contribution in [0.4, 0.5) is 20.4 Å². The average Bonchev–Trinajstić information content (AvgIpc) is 4.13. The number of carbonyl (C=O) groups is 2. The lowest BCUT2D eigenvalue weighted by Crippen LogP contribution is -2.49. The number of ether oxygens (including phenoxy) is 2. The lowest BCUT2D eigenvalue weighted by atomic mass is 10.1. The minimum atomic E-state index is -3.25. The second-order valence-electron chi connectivity index (χ2n) is 21.1. The molecule has 2 aliphatic rings. The molecule has 0 aliphatic carbocycles. The van der Waals surface area contributed by atoms with Gasteiger partial charge in [-0.25, -0.2) is 38.7 Å². The summed E-state index contributed by atoms with van der Waals surface area (Å²) in [7, 11) is -8.40. The van der Waals surface area contributed by atoms with Crippen LogP contribution in [0.2, 0.25) is 36.3 Å². The molecular formula is C49H62F2N10O10PSi2+. The molecule has 2 aromatic carbocycles. The fourth-order valence-electron chi connectivity index (χ4n) is 8.13. The molecule has 4 aromatic heterocycles. The van der Waals surface area contributed by atoms with Gasteiger partial charge in [-0.15, -0.1) is 9.42 Å². The Labute approximate surface area is 429 Å². The average molecular weight is 1080 g/mol. The van der Waals surface area contributed by atoms with Gasteiger partial charge in [0.05, 0.1) is 19.3 Å². The Kier molecular flexibility index (Phi) is 15.9. The third-order valence-electron chi connectivity index (χ3n) is 14.3. The van der Waals surface area contributed by atoms with Gasteiger partial charge < -0.3 is 23.4 Å². The summed E-state index contributed by atoms with van der Waals surface area (Å²) in [5.74, 6) is -0.773. The first-order valence-electron chi connectivity index (χ1n) is 24.1. The number of anilines is 2. The van der Waals surface area contributed by atoms with Crippen molar-refractivity contribution in [1.82, 2.24) is 39.0 Å². The van der Waals surface area contributed by atoms with Crippen LogP contribution >= 0.6 is 8.25 Å². The van der Waals surface area contributed by atoms with Crippen LogP contribution in [0.3, 0.4) is 0 Å². The number of hydrogen-bond acceptors (Lipinski definition) is 15. The zero-order chi connectivity index (χ0) is 53.5. The van der Waals surface area contributed by atoms with Gasteiger partial charge in [-0.05, 0) is 60.5 Å². The number of carbonyl (C=O) groups excluding carboxylic acids is 2. The van der Waals surface area contributed by atoms with Gasteiger partial charge in [-0.1, -0.05) is 90.1 Å². The Morgan fingerprint density at radius 1 is 0.689 bits per heavy atom. The van der Waals surface area contributed by atoms with Gasteiger partial charge >= 0.3 is 8.25 Å². The first kappa shape index (κ1) is 54.6. The Morgan fingerprint density at radius 3 is 1.55 bits per heavy atom. The van der Waals surface area contributed by atoms with Crippen LogP contribution in [-0.4, -0.2) is 134 Å². The molecule has 6 heterocycles. The summed E-state index contributed by atoms with van der Waals surface area (Å²) in [5.41, 5.74) is 1.15. The van der Waals surface area contributed by atoms with Crippen molar-refractivity contribution in [2.75, 3.05) is 29.5 Å². The number of halogens is 2. The van der Waals surface area contributed by atoms with Gasteiger partial charge in [0.2, 0.25) is 6.10 Å². The highest BCUT2D eigenvalue weighted by atomic mass is 31.1. The van der Waals surface area contributed by atoms with Crippen molar-refractivity contribution in [2.24, 2.45) is 0 Å². The van der Waals surface area contributed by atoms with Crippen LogP contribution < -0.4 is 9.80 Å². The van der Waals surface area contributed by atoms with Crippen molar-refractivity contribution in [3.63, 3.8) is 0 Å². The number of aromatic nitrogens is 8. The summed E-state index contributed by atoms with van der Waals surface area (Å²) in [6, 6.07) is 17.0. The maximum Gasteiger partial charge on any atom is 0.695 e. The summed E-state index contributed by atoms with van der Waals surface area (Å²) < 4.78 is 78.0. The van der Waals surface area contributed by atoms with Gasteiger partial charge in [0, 0.05) is 28.8 Å². The quantitative estimate of drug-likeness (QED) is 0.0496. The van der Waals surface area contributed by atoms with E-state index in [0.29, 0.717) is 11.1 Å². The molecule has 2 N–H and O–H groups in total. The summed E-state index contributed by atoms with van der Waals surface area (Å²) in [6.45, 7) is 19.2. The van der Waals surface area contributed by atoms with Crippen molar-refractivity contribution in [3.8, 4) is 0 Å². The Morgan fingerprint density at radius 2 is 1.12 bits per heavy atom. The maximum atomic E-state index is 16.6. The number of amides is 2. The number of fused-ring (bicyclic) bond motifs is 2. The molecular weight excluding hydrogens is 1010 g/mol. The van der Waals surface area contributed by atoms with Crippen LogP contribution in [0.25, 0.3) is 22.3 Å². The first-order chi connectivity index (χ1) is 34.9. The fourth-order valence-corrected chi connectivity index (χ4v) is 11.0. The number of hydrogen-bond donors (Lipinski definition) is 2. The van der Waals surface area contributed by atoms with E-state index in [2.05, 4.69) is 29.9 Å². The molecule has 0 bridgehead atoms. The van der Waals surface area contributed by atoms with Crippen molar-refractivity contribution in [3.05, 3.63) is 109 Å². The Balaban J connectivity index is 1.11. The second-order valence-corrected chi connectivity index (χ2v) is 31.3. The van der Waals surface area contributed by atoms with E-state index in [1.165, 1.54) is 44.2 Å². The van der Waals surface area contributed by atoms with E-state index in [0.717, 1.165) is 0 Å². The minimum Gasteiger partial charge on any atom is -0.408 e. The molecule has 74 heavy (non-hydrogen) atoms. The molecule has 2 amide bonds. The molecule has 20 nitrogen and oxygen atoms in total. The number of alkyl halides is 2. The van der Waals surface area contributed by atoms with Crippen molar-refractivity contribution in [1.29, 1.82) is 0 Å². The maximum absolute atomic E-state index is 16.6. The van der Waals surface area contributed by atoms with E-state index < -0.39 is 92.7 Å². The predicted molar refractivity (Wildman–Crippen MR) is 276 cm³/mol. The standard InChI is InChI=1S/C49H61F2N10O10PSi2/c1-48(2,3)73(7,8)70-37-32(25-62)67-45(33(37)50)60-28-56-35-39(52-26-54-41(35)60)58(43(63)30-19-13-11-14-20-30)23-17-18-24-59(44(64)31-21-15-12-16-22-31)40-36-42(55-27-53-40)61(29-57-36)46-34(51)38(69-72(65)66)47(68-46)71-74(9,10)49(4,5)6/h11-22,26-29,32-34,37-38,45-47,62H,23-25H2,1-10H3/p+1/b18-17+/t32-,33-,34-,37-,38+,45?,46-,47-/m1/s1. The fraction of sp³-hybridized carbons (Fsp3) is 0.469. The molecule has 6 aromatic rings. The lowest BCUT2D eigenvalue weighted by molar-refractivity contribution is -0.127. The molecule has 8 rings (SSSR count). The van der Waals surface area contributed by atoms with Crippen LogP contribution in [-0.2, 0) is 27.4 Å². The zero-order valence-electron chi connectivity index (χ0n) is 42.8. The number of aliphatic hydroxyl groups excluding tert-OH is 1. The monoisotopic (exact) mass is 1080 g/mol. The number of rotatable bonds is 17. The van der Waals surface area contributed by atoms with Gasteiger partial charge in [0.15, 0.2) is 81.7 Å². The Bertz CT molecular complexity index is 3020. The van der Waals surface area contributed by atoms with E-state index >= 15 is 8.78 Å². The number of benzene rings is 2. The highest BCUT2D eigenvalue weighted by Crippen LogP contribution is 2.46. The third kappa shape index (κ3) is 10.9. The highest BCUT2D eigenvalue weighted by molar-refractivity contribution is 7.32. The first-order valence-corrected chi connectivity index (χ1v) is 31.0. The molecule has 2 saturated heterocycles. The van der Waals surface area contributed by atoms with Crippen LogP contribution in [0, 0.1) is 0 Å². The van der Waals surface area contributed by atoms with Gasteiger partial charge in [-0.3, -0.25) is 28.5 Å². The summed E-state index contributed by atoms with van der Waals surface area (Å²) in [6.07, 6.45) is -3.03. The van der Waals surface area contributed by atoms with Crippen molar-refractivity contribution < 1.29 is 55.8 Å². The number of aliphatic hydroxyl groups is 1. The van der Waals surface area contributed by atoms with Crippen molar-refractivity contribution in [2.45, 2.75) is 127 Å². The van der Waals surface area contributed by atoms with Crippen LogP contribution in [0.15, 0.2) is 98.1 Å². The molecule has 2 aliphatic heterocycles. The van der Waals surface area contributed by atoms with E-state index in [9.17, 15) is 24.2 Å². The molecule has 2 unspecified atom stereocenters. The molecule has 25 heteroatoms.